The molecule has 3 rings (SSSR count). The summed E-state index contributed by atoms with van der Waals surface area (Å²) in [4.78, 5) is 23.6. The van der Waals surface area contributed by atoms with E-state index in [1.165, 1.54) is 35.0 Å². The summed E-state index contributed by atoms with van der Waals surface area (Å²) in [7, 11) is 0. The molecule has 0 radical (unpaired) electrons. The fourth-order valence-corrected chi connectivity index (χ4v) is 2.38. The highest BCUT2D eigenvalue weighted by Crippen LogP contribution is 2.21. The maximum atomic E-state index is 13.3. The number of nitrogens with zero attached hydrogens (tertiary/aromatic N) is 2. The van der Waals surface area contributed by atoms with Crippen LogP contribution in [0.2, 0.25) is 0 Å². The van der Waals surface area contributed by atoms with Gasteiger partial charge in [0, 0.05) is 6.20 Å². The first kappa shape index (κ1) is 13.9. The van der Waals surface area contributed by atoms with E-state index in [0.717, 1.165) is 4.68 Å². The molecule has 0 aliphatic rings. The Morgan fingerprint density at radius 1 is 1.23 bits per heavy atom. The number of hydrogen-bond acceptors (Lipinski definition) is 3. The van der Waals surface area contributed by atoms with Crippen molar-refractivity contribution < 1.29 is 19.4 Å². The van der Waals surface area contributed by atoms with Crippen molar-refractivity contribution in [1.82, 2.24) is 9.20 Å². The second-order valence-electron chi connectivity index (χ2n) is 4.76. The topological polar surface area (TPSA) is 83.9 Å². The molecular formula is C15H11FN2O4. The minimum atomic E-state index is -1.51. The summed E-state index contributed by atoms with van der Waals surface area (Å²) in [5, 5.41) is 19.1. The maximum absolute atomic E-state index is 13.3. The minimum absolute atomic E-state index is 0.0255. The van der Waals surface area contributed by atoms with Gasteiger partial charge < -0.3 is 10.2 Å². The zero-order valence-electron chi connectivity index (χ0n) is 11.2. The summed E-state index contributed by atoms with van der Waals surface area (Å²) in [6.07, 6.45) is 1.52. The van der Waals surface area contributed by atoms with E-state index in [4.69, 9.17) is 5.11 Å². The molecule has 0 aliphatic carbocycles. The number of aromatic nitrogens is 2. The van der Waals surface area contributed by atoms with Gasteiger partial charge in [-0.3, -0.25) is 9.31 Å². The zero-order chi connectivity index (χ0) is 15.9. The summed E-state index contributed by atoms with van der Waals surface area (Å²) >= 11 is 0. The van der Waals surface area contributed by atoms with Crippen LogP contribution in [0, 0.1) is 5.82 Å². The molecule has 0 amide bonds. The molecule has 2 heterocycles. The van der Waals surface area contributed by atoms with E-state index in [1.807, 2.05) is 0 Å². The smallest absolute Gasteiger partial charge is 0.345 e. The van der Waals surface area contributed by atoms with Crippen LogP contribution < -0.4 is 5.56 Å². The molecule has 1 aromatic carbocycles. The Bertz CT molecular complexity index is 942. The number of carboxylic acid groups (broad SMARTS) is 1. The van der Waals surface area contributed by atoms with Gasteiger partial charge in [0.05, 0.1) is 6.54 Å². The minimum Gasteiger partial charge on any atom is -0.505 e. The summed E-state index contributed by atoms with van der Waals surface area (Å²) in [6.45, 7) is -0.0255. The van der Waals surface area contributed by atoms with Crippen LogP contribution in [0.5, 0.6) is 5.75 Å². The van der Waals surface area contributed by atoms with Crippen LogP contribution in [0.4, 0.5) is 4.39 Å². The van der Waals surface area contributed by atoms with Gasteiger partial charge in [-0.2, -0.15) is 0 Å². The van der Waals surface area contributed by atoms with Crippen LogP contribution in [-0.2, 0) is 6.54 Å². The quantitative estimate of drug-likeness (QED) is 0.771. The Morgan fingerprint density at radius 3 is 2.68 bits per heavy atom. The molecule has 0 unspecified atom stereocenters. The Hall–Kier alpha value is -3.09. The molecule has 0 aliphatic heterocycles. The van der Waals surface area contributed by atoms with Crippen LogP contribution >= 0.6 is 0 Å². The first-order valence-electron chi connectivity index (χ1n) is 6.40. The van der Waals surface area contributed by atoms with E-state index in [-0.39, 0.29) is 12.1 Å². The van der Waals surface area contributed by atoms with Crippen LogP contribution in [0.1, 0.15) is 15.9 Å². The van der Waals surface area contributed by atoms with Crippen molar-refractivity contribution in [2.45, 2.75) is 6.54 Å². The molecule has 6 nitrogen and oxygen atoms in total. The summed E-state index contributed by atoms with van der Waals surface area (Å²) in [6, 6.07) is 8.72. The van der Waals surface area contributed by atoms with Gasteiger partial charge in [-0.05, 0) is 29.8 Å². The fraction of sp³-hybridized carbons (Fsp3) is 0.0667. The lowest BCUT2D eigenvalue weighted by Gasteiger charge is -2.13. The Labute approximate surface area is 123 Å². The molecule has 3 aromatic rings. The van der Waals surface area contributed by atoms with Crippen molar-refractivity contribution in [3.8, 4) is 5.75 Å². The molecule has 2 N–H and O–H groups in total. The largest absolute Gasteiger partial charge is 0.505 e. The highest BCUT2D eigenvalue weighted by molar-refractivity contribution is 5.93. The van der Waals surface area contributed by atoms with E-state index in [9.17, 15) is 19.1 Å². The molecule has 0 atom stereocenters. The van der Waals surface area contributed by atoms with Crippen molar-refractivity contribution in [2.75, 3.05) is 0 Å². The molecule has 0 bridgehead atoms. The van der Waals surface area contributed by atoms with Crippen molar-refractivity contribution in [3.63, 3.8) is 0 Å². The van der Waals surface area contributed by atoms with Crippen LogP contribution in [0.25, 0.3) is 5.52 Å². The van der Waals surface area contributed by atoms with Crippen LogP contribution in [-0.4, -0.2) is 25.4 Å². The first-order chi connectivity index (χ1) is 10.5. The van der Waals surface area contributed by atoms with Crippen LogP contribution in [0.15, 0.2) is 47.4 Å². The van der Waals surface area contributed by atoms with Gasteiger partial charge in [-0.1, -0.05) is 12.1 Å². The zero-order valence-corrected chi connectivity index (χ0v) is 11.2. The average Bonchev–Trinajstić information content (AvgIpc) is 2.93. The number of benzene rings is 1. The number of halogens is 1. The average molecular weight is 302 g/mol. The van der Waals surface area contributed by atoms with Gasteiger partial charge in [-0.25, -0.2) is 13.9 Å². The Morgan fingerprint density at radius 2 is 2.00 bits per heavy atom. The summed E-state index contributed by atoms with van der Waals surface area (Å²) in [5.74, 6) is -2.55. The number of rotatable bonds is 3. The fourth-order valence-electron chi connectivity index (χ4n) is 2.38. The summed E-state index contributed by atoms with van der Waals surface area (Å²) in [5.41, 5.74) is -0.881. The third-order valence-corrected chi connectivity index (χ3v) is 3.35. The maximum Gasteiger partial charge on any atom is 0.345 e. The van der Waals surface area contributed by atoms with E-state index in [2.05, 4.69) is 0 Å². The number of hydrogen-bond donors (Lipinski definition) is 2. The third-order valence-electron chi connectivity index (χ3n) is 3.35. The molecule has 0 fully saturated rings. The van der Waals surface area contributed by atoms with Gasteiger partial charge in [-0.15, -0.1) is 0 Å². The lowest BCUT2D eigenvalue weighted by molar-refractivity contribution is 0.0690. The van der Waals surface area contributed by atoms with Crippen molar-refractivity contribution in [2.24, 2.45) is 0 Å². The van der Waals surface area contributed by atoms with Gasteiger partial charge >= 0.3 is 5.97 Å². The number of carboxylic acids is 1. The van der Waals surface area contributed by atoms with Gasteiger partial charge in [0.2, 0.25) is 0 Å². The molecule has 7 heteroatoms. The van der Waals surface area contributed by atoms with E-state index in [1.54, 1.807) is 12.1 Å². The van der Waals surface area contributed by atoms with E-state index < -0.39 is 28.7 Å². The normalized spacial score (nSPS) is 11.0. The third kappa shape index (κ3) is 2.12. The predicted molar refractivity (Wildman–Crippen MR) is 75.8 cm³/mol. The second kappa shape index (κ2) is 5.03. The predicted octanol–water partition coefficient (Wildman–Crippen LogP) is 1.69. The standard InChI is InChI=1S/C15H11FN2O4/c16-10-4-1-3-9(7-10)8-18-14(20)12(15(21)22)13(19)11-5-2-6-17(11)18/h1-7,19H,8H2,(H,21,22). The number of carbonyl (C=O) groups is 1. The molecule has 2 aromatic heterocycles. The Balaban J connectivity index is 2.27. The monoisotopic (exact) mass is 302 g/mol. The van der Waals surface area contributed by atoms with Crippen molar-refractivity contribution in [1.29, 1.82) is 0 Å². The molecule has 112 valence electrons. The second-order valence-corrected chi connectivity index (χ2v) is 4.76. The van der Waals surface area contributed by atoms with E-state index >= 15 is 0 Å². The first-order valence-corrected chi connectivity index (χ1v) is 6.40. The molecule has 0 saturated heterocycles. The van der Waals surface area contributed by atoms with Gasteiger partial charge in [0.15, 0.2) is 11.3 Å². The summed E-state index contributed by atoms with van der Waals surface area (Å²) < 4.78 is 15.7. The van der Waals surface area contributed by atoms with Crippen molar-refractivity contribution in [3.05, 3.63) is 69.9 Å². The van der Waals surface area contributed by atoms with Crippen LogP contribution in [0.3, 0.4) is 0 Å². The highest BCUT2D eigenvalue weighted by Gasteiger charge is 2.21. The lowest BCUT2D eigenvalue weighted by Crippen LogP contribution is -2.31. The number of aromatic carboxylic acids is 1. The van der Waals surface area contributed by atoms with E-state index in [0.29, 0.717) is 5.56 Å². The van der Waals surface area contributed by atoms with Gasteiger partial charge in [0.25, 0.3) is 5.56 Å². The highest BCUT2D eigenvalue weighted by atomic mass is 19.1. The molecule has 0 spiro atoms. The molecular weight excluding hydrogens is 291 g/mol. The molecule has 0 saturated carbocycles. The SMILES string of the molecule is O=C(O)c1c(O)c2cccn2n(Cc2cccc(F)c2)c1=O. The molecule has 22 heavy (non-hydrogen) atoms. The van der Waals surface area contributed by atoms with Crippen molar-refractivity contribution >= 4 is 11.5 Å². The number of aromatic hydroxyl groups is 1. The van der Waals surface area contributed by atoms with Gasteiger partial charge in [0.1, 0.15) is 11.3 Å². The Kier molecular flexibility index (Phi) is 3.17. The number of fused-ring (bicyclic) bond motifs is 1. The lowest BCUT2D eigenvalue weighted by atomic mass is 10.2.